The third-order valence-corrected chi connectivity index (χ3v) is 3.20. The van der Waals surface area contributed by atoms with E-state index in [1.807, 2.05) is 18.2 Å². The standard InChI is InChI=1S/C13H11N5O3/c14-13-11(12(21-17-13)8-6-15-18-16-8)7-1-2-9-10(5-7)20-4-3-19-9/h1-2,5-6H,3-4H2,(H2,14,17)(H,15,16,18). The predicted octanol–water partition coefficient (Wildman–Crippen LogP) is 1.48. The number of aromatic nitrogens is 4. The van der Waals surface area contributed by atoms with E-state index < -0.39 is 0 Å². The molecule has 3 N–H and O–H groups in total. The summed E-state index contributed by atoms with van der Waals surface area (Å²) in [6.45, 7) is 1.07. The van der Waals surface area contributed by atoms with Crippen molar-refractivity contribution in [3.05, 3.63) is 24.4 Å². The highest BCUT2D eigenvalue weighted by atomic mass is 16.6. The van der Waals surface area contributed by atoms with Gasteiger partial charge in [-0.25, -0.2) is 0 Å². The molecule has 0 radical (unpaired) electrons. The lowest BCUT2D eigenvalue weighted by Crippen LogP contribution is -2.15. The van der Waals surface area contributed by atoms with Gasteiger partial charge in [-0.2, -0.15) is 15.4 Å². The summed E-state index contributed by atoms with van der Waals surface area (Å²) < 4.78 is 16.4. The lowest BCUT2D eigenvalue weighted by molar-refractivity contribution is 0.171. The third kappa shape index (κ3) is 1.88. The monoisotopic (exact) mass is 285 g/mol. The van der Waals surface area contributed by atoms with Gasteiger partial charge in [0.1, 0.15) is 13.2 Å². The van der Waals surface area contributed by atoms with Crippen LogP contribution >= 0.6 is 0 Å². The second kappa shape index (κ2) is 4.51. The van der Waals surface area contributed by atoms with Crippen LogP contribution in [0.4, 0.5) is 5.82 Å². The number of nitrogens with zero attached hydrogens (tertiary/aromatic N) is 3. The summed E-state index contributed by atoms with van der Waals surface area (Å²) in [6.07, 6.45) is 1.54. The summed E-state index contributed by atoms with van der Waals surface area (Å²) in [5.74, 6) is 2.12. The number of rotatable bonds is 2. The maximum Gasteiger partial charge on any atom is 0.198 e. The van der Waals surface area contributed by atoms with E-state index in [1.165, 1.54) is 0 Å². The fraction of sp³-hybridized carbons (Fsp3) is 0.154. The zero-order valence-electron chi connectivity index (χ0n) is 10.9. The SMILES string of the molecule is Nc1noc(-c2cn[nH]n2)c1-c1ccc2c(c1)OCCO2. The van der Waals surface area contributed by atoms with Gasteiger partial charge < -0.3 is 19.7 Å². The minimum atomic E-state index is 0.282. The molecule has 2 aromatic heterocycles. The number of fused-ring (bicyclic) bond motifs is 1. The molecule has 8 heteroatoms. The molecular weight excluding hydrogens is 274 g/mol. The lowest BCUT2D eigenvalue weighted by Gasteiger charge is -2.18. The van der Waals surface area contributed by atoms with Gasteiger partial charge in [0.25, 0.3) is 0 Å². The van der Waals surface area contributed by atoms with Crippen LogP contribution in [0.2, 0.25) is 0 Å². The molecule has 0 saturated carbocycles. The normalized spacial score (nSPS) is 13.3. The molecule has 0 atom stereocenters. The Labute approximate surface area is 118 Å². The number of aromatic amines is 1. The van der Waals surface area contributed by atoms with E-state index in [4.69, 9.17) is 19.7 Å². The molecule has 3 heterocycles. The lowest BCUT2D eigenvalue weighted by atomic mass is 10.0. The Morgan fingerprint density at radius 1 is 1.14 bits per heavy atom. The first-order valence-corrected chi connectivity index (χ1v) is 6.34. The van der Waals surface area contributed by atoms with Crippen molar-refractivity contribution in [3.63, 3.8) is 0 Å². The molecule has 0 saturated heterocycles. The molecule has 0 unspecified atom stereocenters. The van der Waals surface area contributed by atoms with Gasteiger partial charge in [0, 0.05) is 0 Å². The average Bonchev–Trinajstić information content (AvgIpc) is 3.16. The largest absolute Gasteiger partial charge is 0.486 e. The van der Waals surface area contributed by atoms with Crippen LogP contribution in [0.25, 0.3) is 22.6 Å². The Hall–Kier alpha value is -3.03. The summed E-state index contributed by atoms with van der Waals surface area (Å²) in [4.78, 5) is 0. The van der Waals surface area contributed by atoms with Crippen molar-refractivity contribution in [2.75, 3.05) is 18.9 Å². The molecule has 1 aromatic carbocycles. The molecule has 3 aromatic rings. The van der Waals surface area contributed by atoms with E-state index >= 15 is 0 Å². The highest BCUT2D eigenvalue weighted by Crippen LogP contribution is 2.40. The van der Waals surface area contributed by atoms with Crippen molar-refractivity contribution < 1.29 is 14.0 Å². The number of ether oxygens (including phenoxy) is 2. The second-order valence-corrected chi connectivity index (χ2v) is 4.49. The Bertz CT molecular complexity index is 781. The quantitative estimate of drug-likeness (QED) is 0.733. The first-order valence-electron chi connectivity index (χ1n) is 6.34. The predicted molar refractivity (Wildman–Crippen MR) is 72.7 cm³/mol. The van der Waals surface area contributed by atoms with E-state index in [9.17, 15) is 0 Å². The fourth-order valence-electron chi connectivity index (χ4n) is 2.27. The molecule has 0 aliphatic carbocycles. The number of nitrogen functional groups attached to an aromatic ring is 1. The topological polar surface area (TPSA) is 112 Å². The maximum absolute atomic E-state index is 5.92. The number of nitrogens with one attached hydrogen (secondary N) is 1. The summed E-state index contributed by atoms with van der Waals surface area (Å²) in [5.41, 5.74) is 7.92. The van der Waals surface area contributed by atoms with Crippen LogP contribution in [-0.2, 0) is 0 Å². The van der Waals surface area contributed by atoms with Gasteiger partial charge >= 0.3 is 0 Å². The van der Waals surface area contributed by atoms with Crippen LogP contribution in [0.1, 0.15) is 0 Å². The van der Waals surface area contributed by atoms with Crippen molar-refractivity contribution in [3.8, 4) is 34.1 Å². The highest BCUT2D eigenvalue weighted by Gasteiger charge is 2.21. The van der Waals surface area contributed by atoms with E-state index in [-0.39, 0.29) is 5.82 Å². The molecule has 106 valence electrons. The molecule has 0 bridgehead atoms. The summed E-state index contributed by atoms with van der Waals surface area (Å²) in [7, 11) is 0. The maximum atomic E-state index is 5.92. The van der Waals surface area contributed by atoms with Crippen LogP contribution in [0.3, 0.4) is 0 Å². The molecule has 8 nitrogen and oxygen atoms in total. The van der Waals surface area contributed by atoms with Gasteiger partial charge in [-0.05, 0) is 17.7 Å². The van der Waals surface area contributed by atoms with Crippen LogP contribution in [0.15, 0.2) is 28.9 Å². The van der Waals surface area contributed by atoms with Gasteiger partial charge in [0.05, 0.1) is 11.8 Å². The Morgan fingerprint density at radius 2 is 2.00 bits per heavy atom. The van der Waals surface area contributed by atoms with E-state index in [2.05, 4.69) is 20.6 Å². The third-order valence-electron chi connectivity index (χ3n) is 3.20. The first kappa shape index (κ1) is 11.8. The Balaban J connectivity index is 1.85. The Morgan fingerprint density at radius 3 is 2.81 bits per heavy atom. The van der Waals surface area contributed by atoms with Crippen molar-refractivity contribution in [1.29, 1.82) is 0 Å². The molecule has 1 aliphatic rings. The van der Waals surface area contributed by atoms with Crippen molar-refractivity contribution >= 4 is 5.82 Å². The molecule has 1 aliphatic heterocycles. The van der Waals surface area contributed by atoms with Gasteiger partial charge in [0.15, 0.2) is 28.8 Å². The van der Waals surface area contributed by atoms with E-state index in [0.717, 1.165) is 5.56 Å². The molecule has 21 heavy (non-hydrogen) atoms. The fourth-order valence-corrected chi connectivity index (χ4v) is 2.27. The van der Waals surface area contributed by atoms with Crippen molar-refractivity contribution in [2.24, 2.45) is 0 Å². The molecule has 0 spiro atoms. The van der Waals surface area contributed by atoms with E-state index in [1.54, 1.807) is 6.20 Å². The van der Waals surface area contributed by atoms with Gasteiger partial charge in [-0.3, -0.25) is 0 Å². The van der Waals surface area contributed by atoms with Crippen LogP contribution in [0, 0.1) is 0 Å². The number of anilines is 1. The van der Waals surface area contributed by atoms with Gasteiger partial charge in [0.2, 0.25) is 0 Å². The number of hydrogen-bond acceptors (Lipinski definition) is 7. The van der Waals surface area contributed by atoms with Crippen LogP contribution in [0.5, 0.6) is 11.5 Å². The van der Waals surface area contributed by atoms with Crippen molar-refractivity contribution in [2.45, 2.75) is 0 Å². The molecular formula is C13H11N5O3. The van der Waals surface area contributed by atoms with E-state index in [0.29, 0.717) is 41.7 Å². The van der Waals surface area contributed by atoms with Gasteiger partial charge in [-0.1, -0.05) is 11.2 Å². The number of hydrogen-bond donors (Lipinski definition) is 2. The van der Waals surface area contributed by atoms with Crippen LogP contribution in [-0.4, -0.2) is 33.8 Å². The molecule has 0 fully saturated rings. The second-order valence-electron chi connectivity index (χ2n) is 4.49. The number of H-pyrrole nitrogens is 1. The zero-order valence-corrected chi connectivity index (χ0v) is 10.9. The summed E-state index contributed by atoms with van der Waals surface area (Å²) >= 11 is 0. The number of benzene rings is 1. The molecule has 0 amide bonds. The van der Waals surface area contributed by atoms with Gasteiger partial charge in [-0.15, -0.1) is 0 Å². The zero-order chi connectivity index (χ0) is 14.2. The summed E-state index contributed by atoms with van der Waals surface area (Å²) in [6, 6.07) is 5.56. The van der Waals surface area contributed by atoms with Crippen LogP contribution < -0.4 is 15.2 Å². The minimum Gasteiger partial charge on any atom is -0.486 e. The Kier molecular flexibility index (Phi) is 2.53. The minimum absolute atomic E-state index is 0.282. The smallest absolute Gasteiger partial charge is 0.198 e. The summed E-state index contributed by atoms with van der Waals surface area (Å²) in [5, 5.41) is 14.1. The number of nitrogens with two attached hydrogens (primary N) is 1. The average molecular weight is 285 g/mol. The molecule has 4 rings (SSSR count). The highest BCUT2D eigenvalue weighted by molar-refractivity contribution is 5.86. The van der Waals surface area contributed by atoms with Crippen molar-refractivity contribution in [1.82, 2.24) is 20.6 Å². The first-order chi connectivity index (χ1) is 10.3.